The van der Waals surface area contributed by atoms with E-state index < -0.39 is 19.9 Å². The van der Waals surface area contributed by atoms with Gasteiger partial charge in [-0.05, 0) is 34.8 Å². The van der Waals surface area contributed by atoms with Gasteiger partial charge in [0.15, 0.2) is 5.88 Å². The Labute approximate surface area is 158 Å². The van der Waals surface area contributed by atoms with Crippen molar-refractivity contribution >= 4 is 29.2 Å². The SMILES string of the molecule is CC(C)[Si](Sc1ccc2c(O)n(CC(F)(F)F)cc2c1)(C(C)C)C(C)C. The normalized spacial score (nSPS) is 13.5. The number of aromatic hydroxyl groups is 1. The van der Waals surface area contributed by atoms with Gasteiger partial charge in [-0.25, -0.2) is 0 Å². The lowest BCUT2D eigenvalue weighted by atomic mass is 10.2. The van der Waals surface area contributed by atoms with Gasteiger partial charge in [-0.3, -0.25) is 0 Å². The maximum atomic E-state index is 12.7. The fourth-order valence-corrected chi connectivity index (χ4v) is 13.3. The molecule has 0 aliphatic rings. The topological polar surface area (TPSA) is 25.2 Å². The van der Waals surface area contributed by atoms with E-state index in [2.05, 4.69) is 41.5 Å². The van der Waals surface area contributed by atoms with Gasteiger partial charge in [-0.15, -0.1) is 0 Å². The number of nitrogens with zero attached hydrogens (tertiary/aromatic N) is 1. The highest BCUT2D eigenvalue weighted by atomic mass is 32.4. The Bertz CT molecular complexity index is 746. The van der Waals surface area contributed by atoms with Gasteiger partial charge in [-0.2, -0.15) is 24.4 Å². The van der Waals surface area contributed by atoms with Crippen molar-refractivity contribution in [1.29, 1.82) is 0 Å². The summed E-state index contributed by atoms with van der Waals surface area (Å²) in [5, 5.41) is 11.2. The van der Waals surface area contributed by atoms with Crippen molar-refractivity contribution in [3.63, 3.8) is 0 Å². The second kappa shape index (κ2) is 7.50. The van der Waals surface area contributed by atoms with Gasteiger partial charge >= 0.3 is 6.18 Å². The Morgan fingerprint density at radius 1 is 1.04 bits per heavy atom. The van der Waals surface area contributed by atoms with Crippen LogP contribution in [0.4, 0.5) is 13.2 Å². The van der Waals surface area contributed by atoms with Crippen molar-refractivity contribution in [1.82, 2.24) is 4.57 Å². The zero-order chi connectivity index (χ0) is 19.9. The molecule has 0 amide bonds. The van der Waals surface area contributed by atoms with Gasteiger partial charge in [0.2, 0.25) is 0 Å². The highest BCUT2D eigenvalue weighted by Crippen LogP contribution is 2.52. The lowest BCUT2D eigenvalue weighted by molar-refractivity contribution is -0.141. The molecular weight excluding hydrogens is 375 g/mol. The Morgan fingerprint density at radius 2 is 1.58 bits per heavy atom. The van der Waals surface area contributed by atoms with E-state index in [1.165, 1.54) is 6.20 Å². The van der Waals surface area contributed by atoms with Crippen LogP contribution in [-0.2, 0) is 6.54 Å². The van der Waals surface area contributed by atoms with Crippen molar-refractivity contribution < 1.29 is 18.3 Å². The molecule has 0 atom stereocenters. The van der Waals surface area contributed by atoms with Crippen LogP contribution in [0.15, 0.2) is 29.3 Å². The Hall–Kier alpha value is -1.08. The Morgan fingerprint density at radius 3 is 2.04 bits per heavy atom. The molecule has 0 fully saturated rings. The molecule has 0 radical (unpaired) electrons. The first-order valence-corrected chi connectivity index (χ1v) is 12.7. The molecule has 0 saturated heterocycles. The van der Waals surface area contributed by atoms with Crippen LogP contribution in [0.25, 0.3) is 10.8 Å². The molecule has 0 bridgehead atoms. The predicted octanol–water partition coefficient (Wildman–Crippen LogP) is 7.18. The fraction of sp³-hybridized carbons (Fsp3) is 0.579. The van der Waals surface area contributed by atoms with Gasteiger partial charge in [0.1, 0.15) is 13.8 Å². The maximum absolute atomic E-state index is 12.7. The van der Waals surface area contributed by atoms with Crippen molar-refractivity contribution in [2.24, 2.45) is 0 Å². The lowest BCUT2D eigenvalue weighted by Gasteiger charge is -2.42. The highest BCUT2D eigenvalue weighted by molar-refractivity contribution is 8.29. The Kier molecular flexibility index (Phi) is 6.12. The minimum absolute atomic E-state index is 0.325. The molecule has 1 N–H and O–H groups in total. The largest absolute Gasteiger partial charge is 0.494 e. The summed E-state index contributed by atoms with van der Waals surface area (Å²) in [4.78, 5) is 1.07. The first-order chi connectivity index (χ1) is 11.9. The fourth-order valence-electron chi connectivity index (χ4n) is 4.17. The van der Waals surface area contributed by atoms with Crippen LogP contribution in [0.2, 0.25) is 16.6 Å². The average molecular weight is 404 g/mol. The number of aromatic nitrogens is 1. The summed E-state index contributed by atoms with van der Waals surface area (Å²) in [5.41, 5.74) is 1.73. The molecule has 0 aliphatic carbocycles. The number of benzene rings is 1. The molecule has 0 aliphatic heterocycles. The van der Waals surface area contributed by atoms with Crippen LogP contribution in [0.3, 0.4) is 0 Å². The van der Waals surface area contributed by atoms with E-state index in [-0.39, 0.29) is 5.88 Å². The minimum Gasteiger partial charge on any atom is -0.494 e. The molecule has 26 heavy (non-hydrogen) atoms. The first kappa shape index (κ1) is 21.2. The standard InChI is InChI=1S/C19H28F3NOSSi/c1-12(2)26(13(3)4,14(5)6)25-16-7-8-17-15(9-16)10-23(18(17)24)11-19(20,21)22/h7-10,12-14,24H,11H2,1-6H3. The van der Waals surface area contributed by atoms with Gasteiger partial charge in [0.25, 0.3) is 0 Å². The lowest BCUT2D eigenvalue weighted by Crippen LogP contribution is -2.40. The van der Waals surface area contributed by atoms with E-state index in [0.29, 0.717) is 27.4 Å². The molecular formula is C19H28F3NOSSi. The molecule has 0 saturated carbocycles. The molecule has 0 spiro atoms. The van der Waals surface area contributed by atoms with Gasteiger partial charge < -0.3 is 9.67 Å². The molecule has 146 valence electrons. The molecule has 2 nitrogen and oxygen atoms in total. The molecule has 7 heteroatoms. The van der Waals surface area contributed by atoms with E-state index in [0.717, 1.165) is 9.46 Å². The van der Waals surface area contributed by atoms with Crippen molar-refractivity contribution in [2.45, 2.75) is 75.8 Å². The number of fused-ring (bicyclic) bond motifs is 1. The van der Waals surface area contributed by atoms with Crippen molar-refractivity contribution in [3.05, 3.63) is 24.4 Å². The summed E-state index contributed by atoms with van der Waals surface area (Å²) in [6.45, 7) is 12.5. The third-order valence-corrected chi connectivity index (χ3v) is 17.5. The van der Waals surface area contributed by atoms with Gasteiger partial charge in [0.05, 0.1) is 0 Å². The van der Waals surface area contributed by atoms with E-state index in [4.69, 9.17) is 0 Å². The van der Waals surface area contributed by atoms with Crippen LogP contribution in [0, 0.1) is 0 Å². The van der Waals surface area contributed by atoms with Crippen LogP contribution in [-0.4, -0.2) is 23.1 Å². The van der Waals surface area contributed by atoms with E-state index in [9.17, 15) is 18.3 Å². The van der Waals surface area contributed by atoms with Crippen LogP contribution < -0.4 is 0 Å². The van der Waals surface area contributed by atoms with Crippen molar-refractivity contribution in [2.75, 3.05) is 0 Å². The quantitative estimate of drug-likeness (QED) is 0.517. The summed E-state index contributed by atoms with van der Waals surface area (Å²) in [6.07, 6.45) is -2.97. The summed E-state index contributed by atoms with van der Waals surface area (Å²) in [7, 11) is -1.73. The monoisotopic (exact) mass is 403 g/mol. The van der Waals surface area contributed by atoms with Crippen LogP contribution in [0.1, 0.15) is 41.5 Å². The first-order valence-electron chi connectivity index (χ1n) is 8.96. The number of alkyl halides is 3. The summed E-state index contributed by atoms with van der Waals surface area (Å²) in [6, 6.07) is 5.58. The van der Waals surface area contributed by atoms with Gasteiger partial charge in [0, 0.05) is 21.9 Å². The number of halogens is 3. The molecule has 2 rings (SSSR count). The average Bonchev–Trinajstić information content (AvgIpc) is 2.77. The molecule has 0 unspecified atom stereocenters. The number of rotatable bonds is 6. The molecule has 1 heterocycles. The van der Waals surface area contributed by atoms with E-state index in [1.54, 1.807) is 6.07 Å². The number of hydrogen-bond acceptors (Lipinski definition) is 2. The van der Waals surface area contributed by atoms with Crippen LogP contribution in [0.5, 0.6) is 5.88 Å². The molecule has 2 aromatic rings. The molecule has 1 aromatic heterocycles. The van der Waals surface area contributed by atoms with Gasteiger partial charge in [-0.1, -0.05) is 41.5 Å². The zero-order valence-electron chi connectivity index (χ0n) is 16.2. The second-order valence-corrected chi connectivity index (χ2v) is 16.4. The Balaban J connectivity index is 2.45. The summed E-state index contributed by atoms with van der Waals surface area (Å²) >= 11 is 1.93. The predicted molar refractivity (Wildman–Crippen MR) is 107 cm³/mol. The minimum atomic E-state index is -4.36. The maximum Gasteiger partial charge on any atom is 0.406 e. The second-order valence-electron chi connectivity index (χ2n) is 7.86. The number of hydrogen-bond donors (Lipinski definition) is 1. The third-order valence-electron chi connectivity index (χ3n) is 5.18. The molecule has 1 aromatic carbocycles. The zero-order valence-corrected chi connectivity index (χ0v) is 18.0. The van der Waals surface area contributed by atoms with Crippen LogP contribution >= 0.6 is 11.2 Å². The highest BCUT2D eigenvalue weighted by Gasteiger charge is 2.44. The van der Waals surface area contributed by atoms with Crippen molar-refractivity contribution in [3.8, 4) is 5.88 Å². The summed E-state index contributed by atoms with van der Waals surface area (Å²) in [5.74, 6) is -0.325. The van der Waals surface area contributed by atoms with E-state index >= 15 is 0 Å². The third kappa shape index (κ3) is 4.08. The summed E-state index contributed by atoms with van der Waals surface area (Å²) < 4.78 is 38.9. The van der Waals surface area contributed by atoms with E-state index in [1.807, 2.05) is 23.3 Å². The smallest absolute Gasteiger partial charge is 0.406 e.